The van der Waals surface area contributed by atoms with Gasteiger partial charge in [0.15, 0.2) is 12.2 Å². The molecule has 3 rings (SSSR count). The first-order valence-electron chi connectivity index (χ1n) is 11.0. The molecule has 1 aromatic heterocycles. The monoisotopic (exact) mass is 497 g/mol. The van der Waals surface area contributed by atoms with Crippen LogP contribution in [-0.4, -0.2) is 43.0 Å². The van der Waals surface area contributed by atoms with E-state index in [2.05, 4.69) is 25.7 Å². The van der Waals surface area contributed by atoms with Crippen LogP contribution < -0.4 is 26.4 Å². The summed E-state index contributed by atoms with van der Waals surface area (Å²) in [5.41, 5.74) is 7.39. The number of carbonyl (C=O) groups excluding carboxylic acids is 3. The summed E-state index contributed by atoms with van der Waals surface area (Å²) in [5.74, 6) is 1.05. The standard InChI is InChI=1S/C24H27N5O7/c1-3-18(13-34-22(25)30)36-24(32)27-11-15-5-4-6-16(9-15)28-23(31)29-17-7-8-19(20(10-17)33-2)21-12-26-14-35-21/h4-10,12,14,18H,3,11,13H2,1-2H3,(H2,25,30)(H,27,32)(H2,28,29,31)/t18-/m1/s1. The highest BCUT2D eigenvalue weighted by Crippen LogP contribution is 2.32. The Morgan fingerprint density at radius 3 is 2.56 bits per heavy atom. The van der Waals surface area contributed by atoms with Gasteiger partial charge in [0.2, 0.25) is 0 Å². The maximum atomic E-state index is 12.5. The lowest BCUT2D eigenvalue weighted by atomic mass is 10.1. The molecule has 4 amide bonds. The van der Waals surface area contributed by atoms with Crippen LogP contribution in [0.1, 0.15) is 18.9 Å². The predicted molar refractivity (Wildman–Crippen MR) is 131 cm³/mol. The van der Waals surface area contributed by atoms with Crippen molar-refractivity contribution in [3.8, 4) is 17.1 Å². The van der Waals surface area contributed by atoms with E-state index in [9.17, 15) is 14.4 Å². The van der Waals surface area contributed by atoms with Crippen molar-refractivity contribution in [2.24, 2.45) is 5.73 Å². The number of hydrogen-bond acceptors (Lipinski definition) is 8. The third-order valence-corrected chi connectivity index (χ3v) is 4.92. The number of nitrogens with zero attached hydrogens (tertiary/aromatic N) is 1. The molecular weight excluding hydrogens is 470 g/mol. The minimum absolute atomic E-state index is 0.123. The van der Waals surface area contributed by atoms with Crippen molar-refractivity contribution < 1.29 is 33.0 Å². The quantitative estimate of drug-likeness (QED) is 0.325. The zero-order valence-electron chi connectivity index (χ0n) is 19.8. The lowest BCUT2D eigenvalue weighted by molar-refractivity contribution is 0.0449. The van der Waals surface area contributed by atoms with Crippen LogP contribution in [0.15, 0.2) is 59.5 Å². The van der Waals surface area contributed by atoms with E-state index in [1.54, 1.807) is 55.6 Å². The van der Waals surface area contributed by atoms with Gasteiger partial charge in [-0.1, -0.05) is 19.1 Å². The summed E-state index contributed by atoms with van der Waals surface area (Å²) in [4.78, 5) is 39.2. The number of amides is 4. The normalized spacial score (nSPS) is 11.2. The number of alkyl carbamates (subject to hydrolysis) is 1. The van der Waals surface area contributed by atoms with Gasteiger partial charge >= 0.3 is 18.2 Å². The molecule has 0 unspecified atom stereocenters. The topological polar surface area (TPSA) is 167 Å². The molecule has 3 aromatic rings. The Morgan fingerprint density at radius 2 is 1.89 bits per heavy atom. The van der Waals surface area contributed by atoms with E-state index < -0.39 is 24.3 Å². The van der Waals surface area contributed by atoms with Gasteiger partial charge in [-0.25, -0.2) is 19.4 Å². The van der Waals surface area contributed by atoms with Crippen LogP contribution in [0.25, 0.3) is 11.3 Å². The molecule has 0 spiro atoms. The Morgan fingerprint density at radius 1 is 1.11 bits per heavy atom. The molecule has 36 heavy (non-hydrogen) atoms. The van der Waals surface area contributed by atoms with Crippen LogP contribution in [0.2, 0.25) is 0 Å². The first kappa shape index (κ1) is 25.9. The number of methoxy groups -OCH3 is 1. The van der Waals surface area contributed by atoms with E-state index in [4.69, 9.17) is 19.6 Å². The zero-order chi connectivity index (χ0) is 25.9. The number of rotatable bonds is 10. The van der Waals surface area contributed by atoms with Crippen molar-refractivity contribution in [2.75, 3.05) is 24.4 Å². The molecule has 12 nitrogen and oxygen atoms in total. The molecule has 0 radical (unpaired) electrons. The van der Waals surface area contributed by atoms with Gasteiger partial charge < -0.3 is 40.3 Å². The van der Waals surface area contributed by atoms with E-state index >= 15 is 0 Å². The van der Waals surface area contributed by atoms with Crippen LogP contribution in [0.5, 0.6) is 5.75 Å². The summed E-state index contributed by atoms with van der Waals surface area (Å²) in [5, 5.41) is 8.10. The highest BCUT2D eigenvalue weighted by atomic mass is 16.6. The van der Waals surface area contributed by atoms with Gasteiger partial charge in [-0.2, -0.15) is 0 Å². The van der Waals surface area contributed by atoms with Gasteiger partial charge in [-0.3, -0.25) is 0 Å². The van der Waals surface area contributed by atoms with Gasteiger partial charge in [-0.05, 0) is 36.2 Å². The van der Waals surface area contributed by atoms with Crippen molar-refractivity contribution >= 4 is 29.6 Å². The van der Waals surface area contributed by atoms with Crippen molar-refractivity contribution in [2.45, 2.75) is 26.0 Å². The molecule has 0 aliphatic rings. The molecule has 0 saturated heterocycles. The van der Waals surface area contributed by atoms with E-state index in [1.807, 2.05) is 0 Å². The lowest BCUT2D eigenvalue weighted by Gasteiger charge is -2.16. The summed E-state index contributed by atoms with van der Waals surface area (Å²) in [6.45, 7) is 1.81. The first-order chi connectivity index (χ1) is 17.4. The summed E-state index contributed by atoms with van der Waals surface area (Å²) in [6.07, 6.45) is 1.12. The summed E-state index contributed by atoms with van der Waals surface area (Å²) in [7, 11) is 1.52. The number of benzene rings is 2. The number of ether oxygens (including phenoxy) is 3. The molecule has 2 aromatic carbocycles. The number of hydrogen-bond donors (Lipinski definition) is 4. The van der Waals surface area contributed by atoms with Gasteiger partial charge in [0.25, 0.3) is 0 Å². The molecule has 0 aliphatic heterocycles. The summed E-state index contributed by atoms with van der Waals surface area (Å²) < 4.78 is 20.6. The fourth-order valence-corrected chi connectivity index (χ4v) is 3.15. The number of nitrogens with one attached hydrogen (secondary N) is 3. The largest absolute Gasteiger partial charge is 0.496 e. The fourth-order valence-electron chi connectivity index (χ4n) is 3.15. The van der Waals surface area contributed by atoms with Crippen LogP contribution in [0.4, 0.5) is 25.8 Å². The molecule has 1 heterocycles. The fraction of sp³-hybridized carbons (Fsp3) is 0.250. The van der Waals surface area contributed by atoms with E-state index in [1.165, 1.54) is 13.5 Å². The van der Waals surface area contributed by atoms with Gasteiger partial charge in [0.1, 0.15) is 18.5 Å². The Labute approximate surface area is 207 Å². The average molecular weight is 498 g/mol. The number of oxazole rings is 1. The minimum Gasteiger partial charge on any atom is -0.496 e. The van der Waals surface area contributed by atoms with E-state index in [0.717, 1.165) is 5.56 Å². The Kier molecular flexibility index (Phi) is 9.09. The van der Waals surface area contributed by atoms with Crippen molar-refractivity contribution in [1.82, 2.24) is 10.3 Å². The Balaban J connectivity index is 1.53. The van der Waals surface area contributed by atoms with Crippen LogP contribution in [0.3, 0.4) is 0 Å². The number of urea groups is 1. The SMILES string of the molecule is CC[C@H](COC(N)=O)OC(=O)NCc1cccc(NC(=O)Nc2ccc(-c3cnco3)c(OC)c2)c1. The molecule has 0 fully saturated rings. The highest BCUT2D eigenvalue weighted by molar-refractivity contribution is 6.00. The Bertz CT molecular complexity index is 1180. The third-order valence-electron chi connectivity index (χ3n) is 4.92. The maximum Gasteiger partial charge on any atom is 0.407 e. The molecule has 0 bridgehead atoms. The number of nitrogens with two attached hydrogens (primary N) is 1. The van der Waals surface area contributed by atoms with Crippen LogP contribution >= 0.6 is 0 Å². The molecule has 12 heteroatoms. The van der Waals surface area contributed by atoms with Crippen molar-refractivity contribution in [3.63, 3.8) is 0 Å². The zero-order valence-corrected chi connectivity index (χ0v) is 19.8. The van der Waals surface area contributed by atoms with Gasteiger partial charge in [0, 0.05) is 24.0 Å². The third kappa shape index (κ3) is 7.65. The number of carbonyl (C=O) groups is 3. The second-order valence-corrected chi connectivity index (χ2v) is 7.48. The average Bonchev–Trinajstić information content (AvgIpc) is 3.40. The molecule has 5 N–H and O–H groups in total. The molecule has 190 valence electrons. The molecule has 0 saturated carbocycles. The second kappa shape index (κ2) is 12.6. The minimum atomic E-state index is -0.937. The lowest BCUT2D eigenvalue weighted by Crippen LogP contribution is -2.32. The predicted octanol–water partition coefficient (Wildman–Crippen LogP) is 4.09. The Hall–Kier alpha value is -4.74. The number of primary amides is 1. The summed E-state index contributed by atoms with van der Waals surface area (Å²) >= 11 is 0. The second-order valence-electron chi connectivity index (χ2n) is 7.48. The van der Waals surface area contributed by atoms with Crippen molar-refractivity contribution in [3.05, 3.63) is 60.6 Å². The smallest absolute Gasteiger partial charge is 0.407 e. The van der Waals surface area contributed by atoms with Crippen LogP contribution in [-0.2, 0) is 16.0 Å². The number of anilines is 2. The molecule has 1 atom stereocenters. The summed E-state index contributed by atoms with van der Waals surface area (Å²) in [6, 6.07) is 11.6. The molecule has 0 aliphatic carbocycles. The maximum absolute atomic E-state index is 12.5. The number of aromatic nitrogens is 1. The van der Waals surface area contributed by atoms with E-state index in [0.29, 0.717) is 34.9 Å². The highest BCUT2D eigenvalue weighted by Gasteiger charge is 2.15. The van der Waals surface area contributed by atoms with Gasteiger partial charge in [0.05, 0.1) is 18.9 Å². The van der Waals surface area contributed by atoms with Gasteiger partial charge in [-0.15, -0.1) is 0 Å². The molecular formula is C24H27N5O7. The van der Waals surface area contributed by atoms with E-state index in [-0.39, 0.29) is 13.2 Å². The van der Waals surface area contributed by atoms with Crippen LogP contribution in [0, 0.1) is 0 Å². The van der Waals surface area contributed by atoms with Crippen molar-refractivity contribution in [1.29, 1.82) is 0 Å². The first-order valence-corrected chi connectivity index (χ1v) is 11.0.